The molecule has 1 fully saturated rings. The van der Waals surface area contributed by atoms with Crippen molar-refractivity contribution in [1.82, 2.24) is 4.90 Å². The predicted molar refractivity (Wildman–Crippen MR) is 91.8 cm³/mol. The highest BCUT2D eigenvalue weighted by Crippen LogP contribution is 2.45. The molecule has 1 aliphatic heterocycles. The van der Waals surface area contributed by atoms with Crippen molar-refractivity contribution in [3.63, 3.8) is 0 Å². The van der Waals surface area contributed by atoms with E-state index in [0.717, 1.165) is 6.54 Å². The number of nitrogens with zero attached hydrogens (tertiary/aromatic N) is 1. The van der Waals surface area contributed by atoms with Gasteiger partial charge in [0, 0.05) is 29.5 Å². The highest BCUT2D eigenvalue weighted by molar-refractivity contribution is 7.10. The standard InChI is InChI=1S/C18H30N2S/c1-14-15-6-12-21-16(15)5-11-20(14)18(13-19)8-4-7-17(2,3)9-10-18/h6,12,14H,4-5,7-11,13,19H2,1-3H3. The smallest absolute Gasteiger partial charge is 0.0338 e. The molecule has 3 rings (SSSR count). The van der Waals surface area contributed by atoms with Crippen molar-refractivity contribution in [3.8, 4) is 0 Å². The first kappa shape index (κ1) is 15.5. The molecule has 1 aliphatic carbocycles. The van der Waals surface area contributed by atoms with Gasteiger partial charge in [0.05, 0.1) is 0 Å². The fourth-order valence-corrected chi connectivity index (χ4v) is 5.45. The molecule has 3 heteroatoms. The second-order valence-electron chi connectivity index (χ2n) is 7.86. The molecule has 2 unspecified atom stereocenters. The van der Waals surface area contributed by atoms with E-state index >= 15 is 0 Å². The maximum atomic E-state index is 6.35. The van der Waals surface area contributed by atoms with E-state index in [1.807, 2.05) is 11.3 Å². The van der Waals surface area contributed by atoms with Crippen LogP contribution in [0.4, 0.5) is 0 Å². The first-order valence-electron chi connectivity index (χ1n) is 8.51. The lowest BCUT2D eigenvalue weighted by molar-refractivity contribution is 0.0329. The molecule has 21 heavy (non-hydrogen) atoms. The van der Waals surface area contributed by atoms with E-state index in [9.17, 15) is 0 Å². The van der Waals surface area contributed by atoms with E-state index < -0.39 is 0 Å². The fraction of sp³-hybridized carbons (Fsp3) is 0.778. The topological polar surface area (TPSA) is 29.3 Å². The fourth-order valence-electron chi connectivity index (χ4n) is 4.48. The van der Waals surface area contributed by atoms with Gasteiger partial charge >= 0.3 is 0 Å². The average Bonchev–Trinajstić information content (AvgIpc) is 2.87. The van der Waals surface area contributed by atoms with Gasteiger partial charge in [0.15, 0.2) is 0 Å². The van der Waals surface area contributed by atoms with Gasteiger partial charge in [-0.25, -0.2) is 0 Å². The van der Waals surface area contributed by atoms with Crippen LogP contribution >= 0.6 is 11.3 Å². The van der Waals surface area contributed by atoms with Gasteiger partial charge in [-0.1, -0.05) is 20.3 Å². The summed E-state index contributed by atoms with van der Waals surface area (Å²) in [6, 6.07) is 2.87. The molecular formula is C18H30N2S. The molecule has 0 saturated heterocycles. The van der Waals surface area contributed by atoms with E-state index in [2.05, 4.69) is 37.1 Å². The zero-order valence-electron chi connectivity index (χ0n) is 13.8. The van der Waals surface area contributed by atoms with Crippen LogP contribution in [-0.4, -0.2) is 23.5 Å². The van der Waals surface area contributed by atoms with Crippen LogP contribution in [0.15, 0.2) is 11.4 Å². The summed E-state index contributed by atoms with van der Waals surface area (Å²) in [5.41, 5.74) is 8.62. The normalized spacial score (nSPS) is 33.4. The quantitative estimate of drug-likeness (QED) is 0.823. The minimum atomic E-state index is 0.229. The number of nitrogens with two attached hydrogens (primary N) is 1. The third kappa shape index (κ3) is 2.80. The Morgan fingerprint density at radius 1 is 1.29 bits per heavy atom. The van der Waals surface area contributed by atoms with Gasteiger partial charge in [-0.05, 0) is 61.5 Å². The molecule has 118 valence electrons. The number of rotatable bonds is 2. The first-order valence-corrected chi connectivity index (χ1v) is 9.39. The molecule has 1 saturated carbocycles. The molecule has 0 amide bonds. The van der Waals surface area contributed by atoms with Crippen LogP contribution in [0.5, 0.6) is 0 Å². The van der Waals surface area contributed by atoms with Crippen molar-refractivity contribution in [2.45, 2.75) is 70.9 Å². The van der Waals surface area contributed by atoms with Gasteiger partial charge in [0.25, 0.3) is 0 Å². The van der Waals surface area contributed by atoms with Crippen LogP contribution in [0.3, 0.4) is 0 Å². The molecule has 0 bridgehead atoms. The zero-order valence-corrected chi connectivity index (χ0v) is 14.6. The Labute approximate surface area is 133 Å². The lowest BCUT2D eigenvalue weighted by atomic mass is 9.81. The van der Waals surface area contributed by atoms with Gasteiger partial charge in [-0.3, -0.25) is 4.90 Å². The third-order valence-electron chi connectivity index (χ3n) is 6.03. The van der Waals surface area contributed by atoms with Crippen LogP contribution in [0, 0.1) is 5.41 Å². The van der Waals surface area contributed by atoms with Crippen LogP contribution in [-0.2, 0) is 6.42 Å². The average molecular weight is 307 g/mol. The van der Waals surface area contributed by atoms with Gasteiger partial charge in [-0.15, -0.1) is 11.3 Å². The summed E-state index contributed by atoms with van der Waals surface area (Å²) in [6.45, 7) is 9.24. The zero-order chi connectivity index (χ0) is 15.1. The Morgan fingerprint density at radius 3 is 2.86 bits per heavy atom. The van der Waals surface area contributed by atoms with Gasteiger partial charge in [-0.2, -0.15) is 0 Å². The number of thiophene rings is 1. The van der Waals surface area contributed by atoms with Crippen molar-refractivity contribution >= 4 is 11.3 Å². The molecule has 2 aliphatic rings. The van der Waals surface area contributed by atoms with Crippen LogP contribution in [0.25, 0.3) is 0 Å². The minimum Gasteiger partial charge on any atom is -0.329 e. The molecule has 1 aromatic rings. The minimum absolute atomic E-state index is 0.229. The van der Waals surface area contributed by atoms with Crippen molar-refractivity contribution in [2.75, 3.05) is 13.1 Å². The summed E-state index contributed by atoms with van der Waals surface area (Å²) >= 11 is 1.93. The van der Waals surface area contributed by atoms with Crippen LogP contribution < -0.4 is 5.73 Å². The Hall–Kier alpha value is -0.380. The second-order valence-corrected chi connectivity index (χ2v) is 8.87. The Morgan fingerprint density at radius 2 is 2.10 bits per heavy atom. The summed E-state index contributed by atoms with van der Waals surface area (Å²) in [5.74, 6) is 0. The van der Waals surface area contributed by atoms with E-state index in [4.69, 9.17) is 5.73 Å². The number of fused-ring (bicyclic) bond motifs is 1. The molecule has 2 N–H and O–H groups in total. The maximum absolute atomic E-state index is 6.35. The first-order chi connectivity index (χ1) is 9.97. The van der Waals surface area contributed by atoms with E-state index in [1.54, 1.807) is 10.4 Å². The van der Waals surface area contributed by atoms with E-state index in [0.29, 0.717) is 11.5 Å². The number of hydrogen-bond acceptors (Lipinski definition) is 3. The van der Waals surface area contributed by atoms with Crippen molar-refractivity contribution in [3.05, 3.63) is 21.9 Å². The van der Waals surface area contributed by atoms with Gasteiger partial charge in [0.1, 0.15) is 0 Å². The van der Waals surface area contributed by atoms with Crippen LogP contribution in [0.2, 0.25) is 0 Å². The monoisotopic (exact) mass is 306 g/mol. The van der Waals surface area contributed by atoms with Crippen LogP contribution in [0.1, 0.15) is 69.4 Å². The van der Waals surface area contributed by atoms with Crippen molar-refractivity contribution < 1.29 is 0 Å². The summed E-state index contributed by atoms with van der Waals surface area (Å²) in [7, 11) is 0. The highest BCUT2D eigenvalue weighted by atomic mass is 32.1. The molecule has 2 heterocycles. The van der Waals surface area contributed by atoms with Crippen molar-refractivity contribution in [2.24, 2.45) is 11.1 Å². The lowest BCUT2D eigenvalue weighted by Crippen LogP contribution is -2.56. The Bertz CT molecular complexity index is 493. The summed E-state index contributed by atoms with van der Waals surface area (Å²) in [5, 5.41) is 2.26. The second kappa shape index (κ2) is 5.68. The lowest BCUT2D eigenvalue weighted by Gasteiger charge is -2.49. The van der Waals surface area contributed by atoms with E-state index in [1.165, 1.54) is 45.1 Å². The Kier molecular flexibility index (Phi) is 4.19. The Balaban J connectivity index is 1.86. The molecule has 2 atom stereocenters. The SMILES string of the molecule is CC1c2ccsc2CCN1C1(CN)CCCC(C)(C)CC1. The van der Waals surface area contributed by atoms with Gasteiger partial charge in [0.2, 0.25) is 0 Å². The largest absolute Gasteiger partial charge is 0.329 e. The molecule has 0 radical (unpaired) electrons. The molecule has 0 aromatic carbocycles. The third-order valence-corrected chi connectivity index (χ3v) is 7.03. The van der Waals surface area contributed by atoms with E-state index in [-0.39, 0.29) is 5.54 Å². The molecule has 1 aromatic heterocycles. The highest BCUT2D eigenvalue weighted by Gasteiger charge is 2.43. The maximum Gasteiger partial charge on any atom is 0.0338 e. The number of hydrogen-bond donors (Lipinski definition) is 1. The summed E-state index contributed by atoms with van der Waals surface area (Å²) < 4.78 is 0. The summed E-state index contributed by atoms with van der Waals surface area (Å²) in [6.07, 6.45) is 7.73. The van der Waals surface area contributed by atoms with Crippen molar-refractivity contribution in [1.29, 1.82) is 0 Å². The van der Waals surface area contributed by atoms with Gasteiger partial charge < -0.3 is 5.73 Å². The molecular weight excluding hydrogens is 276 g/mol. The molecule has 0 spiro atoms. The molecule has 2 nitrogen and oxygen atoms in total. The summed E-state index contributed by atoms with van der Waals surface area (Å²) in [4.78, 5) is 4.35. The predicted octanol–water partition coefficient (Wildman–Crippen LogP) is 4.36.